The molecular formula is C12H15ClN2O5S. The second-order valence-corrected chi connectivity index (χ2v) is 7.22. The number of anilines is 1. The van der Waals surface area contributed by atoms with Crippen molar-refractivity contribution in [2.75, 3.05) is 12.3 Å². The van der Waals surface area contributed by atoms with Gasteiger partial charge in [-0.2, -0.15) is 4.31 Å². The number of aliphatic carboxylic acids is 1. The molecule has 1 heterocycles. The molecule has 7 nitrogen and oxygen atoms in total. The number of halogens is 1. The molecule has 0 aliphatic carbocycles. The van der Waals surface area contributed by atoms with Crippen LogP contribution in [0.5, 0.6) is 0 Å². The minimum atomic E-state index is -4.15. The molecule has 1 fully saturated rings. The number of aliphatic hydroxyl groups excluding tert-OH is 1. The summed E-state index contributed by atoms with van der Waals surface area (Å²) in [6.45, 7) is 1.39. The number of benzene rings is 1. The van der Waals surface area contributed by atoms with E-state index in [1.807, 2.05) is 0 Å². The second-order valence-electron chi connectivity index (χ2n) is 4.96. The maximum atomic E-state index is 12.6. The van der Waals surface area contributed by atoms with E-state index < -0.39 is 28.1 Å². The molecule has 21 heavy (non-hydrogen) atoms. The summed E-state index contributed by atoms with van der Waals surface area (Å²) in [5, 5.41) is 18.9. The third-order valence-corrected chi connectivity index (χ3v) is 5.73. The van der Waals surface area contributed by atoms with Crippen molar-refractivity contribution in [1.29, 1.82) is 0 Å². The number of hydrogen-bond donors (Lipinski definition) is 3. The third kappa shape index (κ3) is 2.84. The van der Waals surface area contributed by atoms with Gasteiger partial charge >= 0.3 is 5.97 Å². The summed E-state index contributed by atoms with van der Waals surface area (Å²) in [6.07, 6.45) is -1.18. The molecule has 1 aromatic rings. The minimum absolute atomic E-state index is 0.0116. The standard InChI is InChI=1S/C12H15ClN2O5S/c1-6-2-9(14)11(4-8(6)13)21(19,20)15-5-7(16)3-10(15)12(17)18/h2,4,7,10,16H,3,5,14H2,1H3,(H,17,18)/t7-,10+/m0/s1. The van der Waals surface area contributed by atoms with Crippen molar-refractivity contribution >= 4 is 33.3 Å². The molecule has 2 rings (SSSR count). The highest BCUT2D eigenvalue weighted by atomic mass is 35.5. The lowest BCUT2D eigenvalue weighted by Crippen LogP contribution is -2.40. The number of nitrogens with two attached hydrogens (primary N) is 1. The molecule has 116 valence electrons. The number of hydrogen-bond acceptors (Lipinski definition) is 5. The van der Waals surface area contributed by atoms with Crippen molar-refractivity contribution in [2.45, 2.75) is 30.4 Å². The molecule has 1 aliphatic heterocycles. The number of nitrogens with zero attached hydrogens (tertiary/aromatic N) is 1. The van der Waals surface area contributed by atoms with E-state index in [-0.39, 0.29) is 28.6 Å². The van der Waals surface area contributed by atoms with Crippen LogP contribution in [0.15, 0.2) is 17.0 Å². The predicted octanol–water partition coefficient (Wildman–Crippen LogP) is 0.439. The summed E-state index contributed by atoms with van der Waals surface area (Å²) < 4.78 is 25.9. The highest BCUT2D eigenvalue weighted by molar-refractivity contribution is 7.89. The fraction of sp³-hybridized carbons (Fsp3) is 0.417. The summed E-state index contributed by atoms with van der Waals surface area (Å²) in [5.74, 6) is -1.31. The first-order valence-electron chi connectivity index (χ1n) is 6.13. The predicted molar refractivity (Wildman–Crippen MR) is 76.5 cm³/mol. The van der Waals surface area contributed by atoms with E-state index in [9.17, 15) is 18.3 Å². The van der Waals surface area contributed by atoms with E-state index in [1.54, 1.807) is 6.92 Å². The molecule has 4 N–H and O–H groups in total. The smallest absolute Gasteiger partial charge is 0.322 e. The zero-order chi connectivity index (χ0) is 15.9. The van der Waals surface area contributed by atoms with Crippen molar-refractivity contribution in [3.05, 3.63) is 22.7 Å². The molecule has 1 saturated heterocycles. The van der Waals surface area contributed by atoms with Crippen molar-refractivity contribution in [3.63, 3.8) is 0 Å². The van der Waals surface area contributed by atoms with E-state index in [4.69, 9.17) is 22.4 Å². The fourth-order valence-corrected chi connectivity index (χ4v) is 4.29. The number of carbonyl (C=O) groups is 1. The van der Waals surface area contributed by atoms with E-state index in [0.717, 1.165) is 4.31 Å². The maximum absolute atomic E-state index is 12.6. The molecule has 0 unspecified atom stereocenters. The molecule has 1 aromatic carbocycles. The topological polar surface area (TPSA) is 121 Å². The number of rotatable bonds is 3. The number of aryl methyl sites for hydroxylation is 1. The van der Waals surface area contributed by atoms with Gasteiger partial charge in [-0.3, -0.25) is 4.79 Å². The van der Waals surface area contributed by atoms with Crippen molar-refractivity contribution in [1.82, 2.24) is 4.31 Å². The SMILES string of the molecule is Cc1cc(N)c(S(=O)(=O)N2C[C@@H](O)C[C@@H]2C(=O)O)cc1Cl. The summed E-state index contributed by atoms with van der Waals surface area (Å²) in [7, 11) is -4.15. The molecule has 0 bridgehead atoms. The Morgan fingerprint density at radius 2 is 2.10 bits per heavy atom. The Bertz CT molecular complexity index is 691. The molecule has 0 spiro atoms. The van der Waals surface area contributed by atoms with Crippen LogP contribution in [0.3, 0.4) is 0 Å². The number of carboxylic acids is 1. The van der Waals surface area contributed by atoms with Crippen LogP contribution >= 0.6 is 11.6 Å². The van der Waals surface area contributed by atoms with Crippen LogP contribution in [0.25, 0.3) is 0 Å². The normalized spacial score (nSPS) is 23.4. The van der Waals surface area contributed by atoms with Gasteiger partial charge in [0.1, 0.15) is 10.9 Å². The van der Waals surface area contributed by atoms with Gasteiger partial charge in [0, 0.05) is 18.0 Å². The zero-order valence-corrected chi connectivity index (χ0v) is 12.7. The van der Waals surface area contributed by atoms with Gasteiger partial charge < -0.3 is 15.9 Å². The van der Waals surface area contributed by atoms with Crippen molar-refractivity contribution in [3.8, 4) is 0 Å². The average Bonchev–Trinajstić information content (AvgIpc) is 2.76. The van der Waals surface area contributed by atoms with E-state index in [1.165, 1.54) is 12.1 Å². The molecule has 1 aliphatic rings. The van der Waals surface area contributed by atoms with E-state index >= 15 is 0 Å². The van der Waals surface area contributed by atoms with E-state index in [2.05, 4.69) is 0 Å². The lowest BCUT2D eigenvalue weighted by Gasteiger charge is -2.22. The number of sulfonamides is 1. The fourth-order valence-electron chi connectivity index (χ4n) is 2.31. The lowest BCUT2D eigenvalue weighted by molar-refractivity contribution is -0.140. The van der Waals surface area contributed by atoms with Crippen LogP contribution < -0.4 is 5.73 Å². The second kappa shape index (κ2) is 5.45. The van der Waals surface area contributed by atoms with Crippen LogP contribution in [0.4, 0.5) is 5.69 Å². The third-order valence-electron chi connectivity index (χ3n) is 3.40. The molecular weight excluding hydrogens is 320 g/mol. The number of nitrogen functional groups attached to an aromatic ring is 1. The Kier molecular flexibility index (Phi) is 4.16. The van der Waals surface area contributed by atoms with Crippen LogP contribution in [-0.4, -0.2) is 47.6 Å². The van der Waals surface area contributed by atoms with Crippen LogP contribution in [0, 0.1) is 6.92 Å². The van der Waals surface area contributed by atoms with Gasteiger partial charge in [-0.15, -0.1) is 0 Å². The number of aliphatic hydroxyl groups is 1. The highest BCUT2D eigenvalue weighted by Crippen LogP contribution is 2.32. The Morgan fingerprint density at radius 1 is 1.48 bits per heavy atom. The molecule has 0 radical (unpaired) electrons. The number of β-amino-alcohol motifs (C(OH)–C–C–N with tert-alkyl or cyclic N) is 1. The Morgan fingerprint density at radius 3 is 2.67 bits per heavy atom. The maximum Gasteiger partial charge on any atom is 0.322 e. The molecule has 0 amide bonds. The van der Waals surface area contributed by atoms with Crippen LogP contribution in [0.2, 0.25) is 5.02 Å². The molecule has 0 saturated carbocycles. The Labute approximate surface area is 127 Å². The average molecular weight is 335 g/mol. The van der Waals surface area contributed by atoms with Gasteiger partial charge in [-0.1, -0.05) is 11.6 Å². The summed E-state index contributed by atoms with van der Waals surface area (Å²) in [6, 6.07) is 1.30. The first kappa shape index (κ1) is 16.0. The zero-order valence-electron chi connectivity index (χ0n) is 11.2. The minimum Gasteiger partial charge on any atom is -0.480 e. The molecule has 2 atom stereocenters. The van der Waals surface area contributed by atoms with Crippen LogP contribution in [-0.2, 0) is 14.8 Å². The molecule has 9 heteroatoms. The highest BCUT2D eigenvalue weighted by Gasteiger charge is 2.44. The van der Waals surface area contributed by atoms with Gasteiger partial charge in [0.15, 0.2) is 0 Å². The quantitative estimate of drug-likeness (QED) is 0.690. The van der Waals surface area contributed by atoms with Gasteiger partial charge in [0.05, 0.1) is 11.8 Å². The Balaban J connectivity index is 2.52. The van der Waals surface area contributed by atoms with Crippen LogP contribution in [0.1, 0.15) is 12.0 Å². The summed E-state index contributed by atoms with van der Waals surface area (Å²) in [4.78, 5) is 10.9. The summed E-state index contributed by atoms with van der Waals surface area (Å²) in [5.41, 5.74) is 6.33. The van der Waals surface area contributed by atoms with Gasteiger partial charge in [0.25, 0.3) is 0 Å². The largest absolute Gasteiger partial charge is 0.480 e. The van der Waals surface area contributed by atoms with Gasteiger partial charge in [-0.05, 0) is 24.6 Å². The summed E-state index contributed by atoms with van der Waals surface area (Å²) >= 11 is 5.92. The first-order valence-corrected chi connectivity index (χ1v) is 7.94. The first-order chi connectivity index (χ1) is 9.64. The molecule has 0 aromatic heterocycles. The van der Waals surface area contributed by atoms with Crippen molar-refractivity contribution in [2.24, 2.45) is 0 Å². The monoisotopic (exact) mass is 334 g/mol. The van der Waals surface area contributed by atoms with E-state index in [0.29, 0.717) is 5.56 Å². The van der Waals surface area contributed by atoms with Gasteiger partial charge in [0.2, 0.25) is 10.0 Å². The van der Waals surface area contributed by atoms with Crippen molar-refractivity contribution < 1.29 is 23.4 Å². The number of carboxylic acid groups (broad SMARTS) is 1. The Hall–Kier alpha value is -1.35. The lowest BCUT2D eigenvalue weighted by atomic mass is 10.2. The van der Waals surface area contributed by atoms with Gasteiger partial charge in [-0.25, -0.2) is 8.42 Å².